The number of halogens is 1. The summed E-state index contributed by atoms with van der Waals surface area (Å²) in [6.07, 6.45) is 3.86. The van der Waals surface area contributed by atoms with Crippen molar-refractivity contribution >= 4 is 33.2 Å². The molecule has 2 rings (SSSR count). The van der Waals surface area contributed by atoms with Gasteiger partial charge in [-0.2, -0.15) is 0 Å². The molecule has 1 aliphatic heterocycles. The lowest BCUT2D eigenvalue weighted by Gasteiger charge is -2.29. The van der Waals surface area contributed by atoms with Crippen LogP contribution in [0, 0.1) is 0 Å². The number of amides is 1. The van der Waals surface area contributed by atoms with Gasteiger partial charge in [-0.3, -0.25) is 4.79 Å². The van der Waals surface area contributed by atoms with Gasteiger partial charge < -0.3 is 10.6 Å². The fraction of sp³-hybridized carbons (Fsp3) is 0.615. The van der Waals surface area contributed by atoms with E-state index in [9.17, 15) is 4.79 Å². The number of nitrogens with two attached hydrogens (primary N) is 1. The molecule has 1 aromatic rings. The Morgan fingerprint density at radius 3 is 3.17 bits per heavy atom. The summed E-state index contributed by atoms with van der Waals surface area (Å²) in [5.41, 5.74) is 7.23. The zero-order valence-corrected chi connectivity index (χ0v) is 13.0. The Morgan fingerprint density at radius 1 is 1.67 bits per heavy atom. The van der Waals surface area contributed by atoms with Gasteiger partial charge in [-0.1, -0.05) is 19.8 Å². The fourth-order valence-corrected chi connectivity index (χ4v) is 4.01. The molecular weight excluding hydrogens is 312 g/mol. The third-order valence-electron chi connectivity index (χ3n) is 3.33. The molecule has 5 heteroatoms. The van der Waals surface area contributed by atoms with Gasteiger partial charge in [0.2, 0.25) is 5.91 Å². The summed E-state index contributed by atoms with van der Waals surface area (Å²) in [7, 11) is 0. The second-order valence-electron chi connectivity index (χ2n) is 4.76. The molecule has 3 nitrogen and oxygen atoms in total. The number of fused-ring (bicyclic) bond motifs is 1. The average Bonchev–Trinajstić information content (AvgIpc) is 2.73. The van der Waals surface area contributed by atoms with Crippen molar-refractivity contribution in [2.24, 2.45) is 5.73 Å². The van der Waals surface area contributed by atoms with Crippen molar-refractivity contribution in [2.45, 2.75) is 45.2 Å². The number of nitrogens with zero attached hydrogens (tertiary/aromatic N) is 1. The summed E-state index contributed by atoms with van der Waals surface area (Å²) in [4.78, 5) is 15.5. The van der Waals surface area contributed by atoms with Crippen molar-refractivity contribution in [2.75, 3.05) is 6.54 Å². The van der Waals surface area contributed by atoms with Gasteiger partial charge in [-0.05, 0) is 40.4 Å². The number of carbonyl (C=O) groups is 1. The lowest BCUT2D eigenvalue weighted by atomic mass is 10.1. The second-order valence-corrected chi connectivity index (χ2v) is 7.27. The van der Waals surface area contributed by atoms with Crippen molar-refractivity contribution in [1.29, 1.82) is 0 Å². The van der Waals surface area contributed by atoms with E-state index in [4.69, 9.17) is 5.73 Å². The molecule has 0 aliphatic carbocycles. The van der Waals surface area contributed by atoms with Crippen LogP contribution >= 0.6 is 27.3 Å². The summed E-state index contributed by atoms with van der Waals surface area (Å²) in [6.45, 7) is 3.64. The summed E-state index contributed by atoms with van der Waals surface area (Å²) < 4.78 is 1.15. The van der Waals surface area contributed by atoms with E-state index < -0.39 is 0 Å². The molecule has 0 saturated heterocycles. The van der Waals surface area contributed by atoms with E-state index in [1.807, 2.05) is 4.90 Å². The molecule has 100 valence electrons. The number of thiophene rings is 1. The van der Waals surface area contributed by atoms with E-state index in [1.165, 1.54) is 10.4 Å². The van der Waals surface area contributed by atoms with Gasteiger partial charge in [0, 0.05) is 18.0 Å². The predicted molar refractivity (Wildman–Crippen MR) is 78.6 cm³/mol. The number of unbranched alkanes of at least 4 members (excludes halogenated alkanes) is 1. The third-order valence-corrected chi connectivity index (χ3v) is 5.07. The molecule has 0 saturated carbocycles. The third kappa shape index (κ3) is 3.13. The molecule has 2 heterocycles. The molecule has 1 unspecified atom stereocenters. The highest BCUT2D eigenvalue weighted by atomic mass is 79.9. The Hall–Kier alpha value is -0.390. The van der Waals surface area contributed by atoms with Gasteiger partial charge in [0.1, 0.15) is 0 Å². The lowest BCUT2D eigenvalue weighted by Crippen LogP contribution is -2.45. The lowest BCUT2D eigenvalue weighted by molar-refractivity contribution is -0.133. The topological polar surface area (TPSA) is 46.3 Å². The fourth-order valence-electron chi connectivity index (χ4n) is 2.27. The monoisotopic (exact) mass is 330 g/mol. The zero-order chi connectivity index (χ0) is 13.1. The van der Waals surface area contributed by atoms with Crippen LogP contribution in [-0.2, 0) is 17.8 Å². The standard InChI is InChI=1S/C13H19BrN2OS/c1-2-3-4-10(15)13(17)16-6-5-11-9(8-16)7-12(14)18-11/h7,10H,2-6,8,15H2,1H3. The van der Waals surface area contributed by atoms with Crippen LogP contribution in [0.5, 0.6) is 0 Å². The molecule has 1 amide bonds. The summed E-state index contributed by atoms with van der Waals surface area (Å²) in [5, 5.41) is 0. The minimum atomic E-state index is -0.325. The molecule has 1 aromatic heterocycles. The van der Waals surface area contributed by atoms with Crippen LogP contribution in [0.1, 0.15) is 36.6 Å². The van der Waals surface area contributed by atoms with Crippen molar-refractivity contribution in [3.05, 3.63) is 20.3 Å². The molecule has 18 heavy (non-hydrogen) atoms. The van der Waals surface area contributed by atoms with Gasteiger partial charge in [0.25, 0.3) is 0 Å². The minimum absolute atomic E-state index is 0.108. The first kappa shape index (κ1) is 14.0. The molecule has 0 aromatic carbocycles. The van der Waals surface area contributed by atoms with Crippen LogP contribution in [0.3, 0.4) is 0 Å². The highest BCUT2D eigenvalue weighted by Gasteiger charge is 2.25. The van der Waals surface area contributed by atoms with Crippen molar-refractivity contribution in [3.63, 3.8) is 0 Å². The maximum Gasteiger partial charge on any atom is 0.239 e. The smallest absolute Gasteiger partial charge is 0.239 e. The Balaban J connectivity index is 1.97. The molecule has 0 radical (unpaired) electrons. The van der Waals surface area contributed by atoms with Crippen LogP contribution in [0.25, 0.3) is 0 Å². The Morgan fingerprint density at radius 2 is 2.44 bits per heavy atom. The Kier molecular flexibility index (Phi) is 4.81. The van der Waals surface area contributed by atoms with Crippen LogP contribution in [-0.4, -0.2) is 23.4 Å². The van der Waals surface area contributed by atoms with Crippen molar-refractivity contribution < 1.29 is 4.79 Å². The van der Waals surface area contributed by atoms with Gasteiger partial charge in [-0.25, -0.2) is 0 Å². The maximum atomic E-state index is 12.2. The first-order valence-electron chi connectivity index (χ1n) is 6.43. The summed E-state index contributed by atoms with van der Waals surface area (Å²) in [5.74, 6) is 0.108. The van der Waals surface area contributed by atoms with Gasteiger partial charge >= 0.3 is 0 Å². The quantitative estimate of drug-likeness (QED) is 0.922. The zero-order valence-electron chi connectivity index (χ0n) is 10.6. The SMILES string of the molecule is CCCCC(N)C(=O)N1CCc2sc(Br)cc2C1. The molecule has 1 atom stereocenters. The van der Waals surface area contributed by atoms with E-state index >= 15 is 0 Å². The van der Waals surface area contributed by atoms with E-state index in [-0.39, 0.29) is 11.9 Å². The van der Waals surface area contributed by atoms with Crippen LogP contribution in [0.15, 0.2) is 9.85 Å². The molecular formula is C13H19BrN2OS. The molecule has 0 bridgehead atoms. The van der Waals surface area contributed by atoms with Crippen LogP contribution in [0.2, 0.25) is 0 Å². The van der Waals surface area contributed by atoms with E-state index in [2.05, 4.69) is 28.9 Å². The van der Waals surface area contributed by atoms with E-state index in [0.717, 1.165) is 42.6 Å². The van der Waals surface area contributed by atoms with Crippen LogP contribution in [0.4, 0.5) is 0 Å². The second kappa shape index (κ2) is 6.17. The normalized spacial score (nSPS) is 16.5. The molecule has 0 fully saturated rings. The first-order valence-corrected chi connectivity index (χ1v) is 8.04. The van der Waals surface area contributed by atoms with Gasteiger partial charge in [0.05, 0.1) is 9.83 Å². The van der Waals surface area contributed by atoms with E-state index in [1.54, 1.807) is 11.3 Å². The average molecular weight is 331 g/mol. The highest BCUT2D eigenvalue weighted by molar-refractivity contribution is 9.11. The largest absolute Gasteiger partial charge is 0.337 e. The minimum Gasteiger partial charge on any atom is -0.337 e. The first-order chi connectivity index (χ1) is 8.61. The summed E-state index contributed by atoms with van der Waals surface area (Å²) in [6, 6.07) is 1.80. The number of hydrogen-bond acceptors (Lipinski definition) is 3. The van der Waals surface area contributed by atoms with Crippen molar-refractivity contribution in [1.82, 2.24) is 4.90 Å². The van der Waals surface area contributed by atoms with Gasteiger partial charge in [-0.15, -0.1) is 11.3 Å². The maximum absolute atomic E-state index is 12.2. The number of rotatable bonds is 4. The highest BCUT2D eigenvalue weighted by Crippen LogP contribution is 2.31. The van der Waals surface area contributed by atoms with Crippen molar-refractivity contribution in [3.8, 4) is 0 Å². The molecule has 0 spiro atoms. The predicted octanol–water partition coefficient (Wildman–Crippen LogP) is 2.91. The Bertz CT molecular complexity index is 433. The van der Waals surface area contributed by atoms with Gasteiger partial charge in [0.15, 0.2) is 0 Å². The summed E-state index contributed by atoms with van der Waals surface area (Å²) >= 11 is 5.28. The molecule has 2 N–H and O–H groups in total. The number of hydrogen-bond donors (Lipinski definition) is 1. The van der Waals surface area contributed by atoms with Crippen LogP contribution < -0.4 is 5.73 Å². The number of carbonyl (C=O) groups excluding carboxylic acids is 1. The molecule has 1 aliphatic rings. The Labute approximate surface area is 120 Å². The van der Waals surface area contributed by atoms with E-state index in [0.29, 0.717) is 0 Å².